The number of anilines is 1. The van der Waals surface area contributed by atoms with E-state index in [0.717, 1.165) is 0 Å². The van der Waals surface area contributed by atoms with Crippen LogP contribution in [0.5, 0.6) is 0 Å². The number of morpholine rings is 1. The van der Waals surface area contributed by atoms with Crippen molar-refractivity contribution in [1.29, 1.82) is 0 Å². The van der Waals surface area contributed by atoms with E-state index < -0.39 is 20.6 Å². The van der Waals surface area contributed by atoms with Crippen LogP contribution in [-0.4, -0.2) is 50.5 Å². The zero-order chi connectivity index (χ0) is 15.5. The summed E-state index contributed by atoms with van der Waals surface area (Å²) in [5, 5.41) is 14.1. The smallest absolute Gasteiger partial charge is 0.312 e. The molecule has 0 aliphatic carbocycles. The van der Waals surface area contributed by atoms with Crippen molar-refractivity contribution in [2.24, 2.45) is 0 Å². The highest BCUT2D eigenvalue weighted by Gasteiger charge is 2.34. The molecule has 116 valence electrons. The van der Waals surface area contributed by atoms with Crippen molar-refractivity contribution < 1.29 is 18.1 Å². The Hall–Kier alpha value is -1.71. The minimum atomic E-state index is -3.91. The van der Waals surface area contributed by atoms with Crippen LogP contribution in [0, 0.1) is 10.1 Å². The molecule has 0 saturated carbocycles. The van der Waals surface area contributed by atoms with Crippen LogP contribution in [0.1, 0.15) is 6.92 Å². The summed E-state index contributed by atoms with van der Waals surface area (Å²) < 4.78 is 31.5. The zero-order valence-electron chi connectivity index (χ0n) is 11.6. The number of para-hydroxylation sites is 1. The van der Waals surface area contributed by atoms with E-state index in [9.17, 15) is 18.5 Å². The minimum Gasteiger partial charge on any atom is -0.380 e. The fraction of sp³-hybridized carbons (Fsp3) is 0.500. The summed E-state index contributed by atoms with van der Waals surface area (Å²) in [5.41, 5.74) is -0.206. The standard InChI is InChI=1S/C12H17N3O5S/c1-2-13-10-4-3-5-11(12(10)15(16)17)21(18,19)14-6-8-20-9-7-14/h3-5,13H,2,6-9H2,1H3. The molecule has 1 fully saturated rings. The number of nitrogens with one attached hydrogen (secondary N) is 1. The molecule has 0 aromatic heterocycles. The molecular formula is C12H17N3O5S. The first-order valence-electron chi connectivity index (χ1n) is 6.57. The Morgan fingerprint density at radius 1 is 1.38 bits per heavy atom. The SMILES string of the molecule is CCNc1cccc(S(=O)(=O)N2CCOCC2)c1[N+](=O)[O-]. The van der Waals surface area contributed by atoms with E-state index in [1.807, 2.05) is 0 Å². The number of benzene rings is 1. The maximum atomic E-state index is 12.6. The molecule has 21 heavy (non-hydrogen) atoms. The van der Waals surface area contributed by atoms with Crippen LogP contribution in [0.15, 0.2) is 23.1 Å². The Morgan fingerprint density at radius 3 is 2.62 bits per heavy atom. The molecule has 1 heterocycles. The monoisotopic (exact) mass is 315 g/mol. The van der Waals surface area contributed by atoms with E-state index in [-0.39, 0.29) is 23.7 Å². The summed E-state index contributed by atoms with van der Waals surface area (Å²) in [6.45, 7) is 3.23. The normalized spacial score (nSPS) is 16.6. The molecule has 1 aliphatic rings. The van der Waals surface area contributed by atoms with Gasteiger partial charge in [-0.1, -0.05) is 6.07 Å². The first kappa shape index (κ1) is 15.7. The molecule has 1 saturated heterocycles. The van der Waals surface area contributed by atoms with E-state index in [4.69, 9.17) is 4.74 Å². The van der Waals surface area contributed by atoms with Gasteiger partial charge >= 0.3 is 5.69 Å². The molecule has 8 nitrogen and oxygen atoms in total. The van der Waals surface area contributed by atoms with Crippen LogP contribution in [0.4, 0.5) is 11.4 Å². The average Bonchev–Trinajstić information content (AvgIpc) is 2.48. The predicted molar refractivity (Wildman–Crippen MR) is 76.8 cm³/mol. The van der Waals surface area contributed by atoms with E-state index in [1.165, 1.54) is 22.5 Å². The van der Waals surface area contributed by atoms with Crippen LogP contribution in [0.3, 0.4) is 0 Å². The third-order valence-electron chi connectivity index (χ3n) is 3.14. The number of rotatable bonds is 5. The van der Waals surface area contributed by atoms with Gasteiger partial charge in [-0.2, -0.15) is 4.31 Å². The van der Waals surface area contributed by atoms with Crippen molar-refractivity contribution in [3.63, 3.8) is 0 Å². The van der Waals surface area contributed by atoms with Crippen LogP contribution in [0.25, 0.3) is 0 Å². The predicted octanol–water partition coefficient (Wildman–Crippen LogP) is 1.05. The molecule has 0 radical (unpaired) electrons. The molecule has 0 spiro atoms. The first-order chi connectivity index (χ1) is 9.98. The number of ether oxygens (including phenoxy) is 1. The quantitative estimate of drug-likeness (QED) is 0.643. The highest BCUT2D eigenvalue weighted by molar-refractivity contribution is 7.89. The van der Waals surface area contributed by atoms with Crippen LogP contribution in [0.2, 0.25) is 0 Å². The maximum Gasteiger partial charge on any atom is 0.312 e. The van der Waals surface area contributed by atoms with Crippen molar-refractivity contribution in [2.45, 2.75) is 11.8 Å². The van der Waals surface area contributed by atoms with Gasteiger partial charge in [0.05, 0.1) is 18.1 Å². The van der Waals surface area contributed by atoms with Crippen molar-refractivity contribution in [3.8, 4) is 0 Å². The van der Waals surface area contributed by atoms with Crippen LogP contribution < -0.4 is 5.32 Å². The second-order valence-electron chi connectivity index (χ2n) is 4.46. The molecule has 0 unspecified atom stereocenters. The van der Waals surface area contributed by atoms with Gasteiger partial charge in [-0.15, -0.1) is 0 Å². The number of nitro benzene ring substituents is 1. The highest BCUT2D eigenvalue weighted by Crippen LogP contribution is 2.33. The van der Waals surface area contributed by atoms with E-state index >= 15 is 0 Å². The van der Waals surface area contributed by atoms with Crippen molar-refractivity contribution >= 4 is 21.4 Å². The van der Waals surface area contributed by atoms with Crippen LogP contribution in [-0.2, 0) is 14.8 Å². The molecule has 1 aromatic rings. The second-order valence-corrected chi connectivity index (χ2v) is 6.36. The maximum absolute atomic E-state index is 12.6. The van der Waals surface area contributed by atoms with Crippen molar-refractivity contribution in [2.75, 3.05) is 38.2 Å². The molecule has 0 atom stereocenters. The van der Waals surface area contributed by atoms with Gasteiger partial charge in [0.2, 0.25) is 10.0 Å². The lowest BCUT2D eigenvalue weighted by molar-refractivity contribution is -0.386. The number of nitrogens with zero attached hydrogens (tertiary/aromatic N) is 2. The van der Waals surface area contributed by atoms with E-state index in [1.54, 1.807) is 6.92 Å². The molecule has 1 aromatic carbocycles. The van der Waals surface area contributed by atoms with Crippen molar-refractivity contribution in [3.05, 3.63) is 28.3 Å². The van der Waals surface area contributed by atoms with E-state index in [0.29, 0.717) is 19.8 Å². The highest BCUT2D eigenvalue weighted by atomic mass is 32.2. The number of nitro groups is 1. The lowest BCUT2D eigenvalue weighted by Crippen LogP contribution is -2.40. The average molecular weight is 315 g/mol. The third-order valence-corrected chi connectivity index (χ3v) is 5.07. The summed E-state index contributed by atoms with van der Waals surface area (Å²) in [7, 11) is -3.91. The van der Waals surface area contributed by atoms with Crippen LogP contribution >= 0.6 is 0 Å². The number of hydrogen-bond donors (Lipinski definition) is 1. The number of hydrogen-bond acceptors (Lipinski definition) is 6. The zero-order valence-corrected chi connectivity index (χ0v) is 12.4. The molecule has 1 N–H and O–H groups in total. The molecule has 2 rings (SSSR count). The Balaban J connectivity index is 2.51. The van der Waals surface area contributed by atoms with E-state index in [2.05, 4.69) is 5.32 Å². The summed E-state index contributed by atoms with van der Waals surface area (Å²) in [6.07, 6.45) is 0. The summed E-state index contributed by atoms with van der Waals surface area (Å²) in [6, 6.07) is 4.27. The molecule has 0 bridgehead atoms. The minimum absolute atomic E-state index is 0.199. The van der Waals surface area contributed by atoms with Gasteiger partial charge in [0.15, 0.2) is 4.90 Å². The lowest BCUT2D eigenvalue weighted by Gasteiger charge is -2.26. The Bertz CT molecular complexity index is 626. The van der Waals surface area contributed by atoms with Gasteiger partial charge < -0.3 is 10.1 Å². The molecule has 1 aliphatic heterocycles. The van der Waals surface area contributed by atoms with Gasteiger partial charge in [0, 0.05) is 19.6 Å². The Kier molecular flexibility index (Phi) is 4.76. The third kappa shape index (κ3) is 3.14. The lowest BCUT2D eigenvalue weighted by atomic mass is 10.2. The van der Waals surface area contributed by atoms with Gasteiger partial charge in [-0.05, 0) is 19.1 Å². The fourth-order valence-electron chi connectivity index (χ4n) is 2.18. The van der Waals surface area contributed by atoms with Gasteiger partial charge in [-0.25, -0.2) is 8.42 Å². The van der Waals surface area contributed by atoms with Gasteiger partial charge in [0.25, 0.3) is 0 Å². The largest absolute Gasteiger partial charge is 0.380 e. The summed E-state index contributed by atoms with van der Waals surface area (Å²) >= 11 is 0. The molecular weight excluding hydrogens is 298 g/mol. The molecule has 9 heteroatoms. The Morgan fingerprint density at radius 2 is 2.05 bits per heavy atom. The van der Waals surface area contributed by atoms with Gasteiger partial charge in [0.1, 0.15) is 5.69 Å². The summed E-state index contributed by atoms with van der Waals surface area (Å²) in [5.74, 6) is 0. The molecule has 0 amide bonds. The topological polar surface area (TPSA) is 102 Å². The second kappa shape index (κ2) is 6.37. The summed E-state index contributed by atoms with van der Waals surface area (Å²) in [4.78, 5) is 10.4. The number of sulfonamides is 1. The Labute approximate surface area is 122 Å². The van der Waals surface area contributed by atoms with Gasteiger partial charge in [-0.3, -0.25) is 10.1 Å². The van der Waals surface area contributed by atoms with Crippen molar-refractivity contribution in [1.82, 2.24) is 4.31 Å². The first-order valence-corrected chi connectivity index (χ1v) is 8.01. The fourth-order valence-corrected chi connectivity index (χ4v) is 3.77.